The van der Waals surface area contributed by atoms with Gasteiger partial charge in [0.05, 0.1) is 17.7 Å². The monoisotopic (exact) mass is 354 g/mol. The van der Waals surface area contributed by atoms with E-state index in [2.05, 4.69) is 10.6 Å². The van der Waals surface area contributed by atoms with Gasteiger partial charge in [-0.15, -0.1) is 0 Å². The number of ether oxygens (including phenoxy) is 1. The quantitative estimate of drug-likeness (QED) is 0.813. The Hall–Kier alpha value is -1.82. The number of hydrogen-bond acceptors (Lipinski definition) is 3. The molecule has 0 atom stereocenters. The maximum atomic E-state index is 12.1. The molecular formula is C15H12Cl2N2O2S. The molecule has 0 aliphatic carbocycles. The first-order valence-electron chi connectivity index (χ1n) is 6.21. The van der Waals surface area contributed by atoms with Crippen LogP contribution in [-0.2, 0) is 0 Å². The van der Waals surface area contributed by atoms with Gasteiger partial charge in [0.2, 0.25) is 0 Å². The Morgan fingerprint density at radius 2 is 1.82 bits per heavy atom. The summed E-state index contributed by atoms with van der Waals surface area (Å²) >= 11 is 16.9. The number of thiocarbonyl (C=S) groups is 1. The smallest absolute Gasteiger partial charge is 0.258 e. The van der Waals surface area contributed by atoms with Crippen molar-refractivity contribution in [2.45, 2.75) is 0 Å². The zero-order chi connectivity index (χ0) is 16.1. The molecule has 0 fully saturated rings. The Balaban J connectivity index is 2.00. The minimum Gasteiger partial charge on any atom is -0.497 e. The third-order valence-corrected chi connectivity index (χ3v) is 3.50. The molecule has 0 heterocycles. The molecule has 0 unspecified atom stereocenters. The van der Waals surface area contributed by atoms with Gasteiger partial charge in [-0.25, -0.2) is 0 Å². The van der Waals surface area contributed by atoms with Crippen molar-refractivity contribution < 1.29 is 9.53 Å². The number of carbonyl (C=O) groups excluding carboxylic acids is 1. The number of anilines is 1. The van der Waals surface area contributed by atoms with Crippen LogP contribution in [0.4, 0.5) is 5.69 Å². The molecular weight excluding hydrogens is 343 g/mol. The molecule has 2 aromatic rings. The van der Waals surface area contributed by atoms with Crippen LogP contribution < -0.4 is 15.4 Å². The SMILES string of the molecule is COc1ccc(NC(=S)NC(=O)c2ccc(Cl)cc2Cl)cc1. The van der Waals surface area contributed by atoms with Gasteiger partial charge >= 0.3 is 0 Å². The van der Waals surface area contributed by atoms with Crippen molar-refractivity contribution in [3.05, 3.63) is 58.1 Å². The van der Waals surface area contributed by atoms with Gasteiger partial charge in [-0.2, -0.15) is 0 Å². The van der Waals surface area contributed by atoms with Crippen LogP contribution >= 0.6 is 35.4 Å². The number of rotatable bonds is 3. The van der Waals surface area contributed by atoms with Crippen LogP contribution in [0.2, 0.25) is 10.0 Å². The molecule has 2 rings (SSSR count). The van der Waals surface area contributed by atoms with Crippen molar-refractivity contribution in [2.75, 3.05) is 12.4 Å². The van der Waals surface area contributed by atoms with Crippen molar-refractivity contribution in [1.29, 1.82) is 0 Å². The van der Waals surface area contributed by atoms with E-state index >= 15 is 0 Å². The summed E-state index contributed by atoms with van der Waals surface area (Å²) in [7, 11) is 1.59. The van der Waals surface area contributed by atoms with Crippen molar-refractivity contribution in [1.82, 2.24) is 5.32 Å². The number of hydrogen-bond donors (Lipinski definition) is 2. The first-order valence-corrected chi connectivity index (χ1v) is 7.37. The van der Waals surface area contributed by atoms with E-state index in [4.69, 9.17) is 40.2 Å². The highest BCUT2D eigenvalue weighted by atomic mass is 35.5. The summed E-state index contributed by atoms with van der Waals surface area (Å²) in [6.45, 7) is 0. The van der Waals surface area contributed by atoms with E-state index in [0.29, 0.717) is 10.6 Å². The van der Waals surface area contributed by atoms with E-state index in [-0.39, 0.29) is 10.1 Å². The summed E-state index contributed by atoms with van der Waals surface area (Å²) in [4.78, 5) is 12.1. The number of amides is 1. The summed E-state index contributed by atoms with van der Waals surface area (Å²) in [5.74, 6) is 0.320. The number of nitrogens with one attached hydrogen (secondary N) is 2. The molecule has 0 saturated carbocycles. The van der Waals surface area contributed by atoms with E-state index in [1.54, 1.807) is 37.4 Å². The second kappa shape index (κ2) is 7.45. The van der Waals surface area contributed by atoms with Gasteiger partial charge in [0.15, 0.2) is 5.11 Å². The molecule has 1 amide bonds. The van der Waals surface area contributed by atoms with Crippen molar-refractivity contribution in [3.63, 3.8) is 0 Å². The lowest BCUT2D eigenvalue weighted by Gasteiger charge is -2.11. The molecule has 0 aromatic heterocycles. The van der Waals surface area contributed by atoms with Crippen LogP contribution in [-0.4, -0.2) is 18.1 Å². The summed E-state index contributed by atoms with van der Waals surface area (Å²) in [6, 6.07) is 11.8. The third kappa shape index (κ3) is 4.34. The van der Waals surface area contributed by atoms with E-state index < -0.39 is 5.91 Å². The molecule has 0 aliphatic rings. The summed E-state index contributed by atoms with van der Waals surface area (Å²) in [5, 5.41) is 6.34. The van der Waals surface area contributed by atoms with Gasteiger partial charge in [-0.05, 0) is 54.7 Å². The number of carbonyl (C=O) groups is 1. The Bertz CT molecular complexity index is 705. The van der Waals surface area contributed by atoms with Crippen molar-refractivity contribution in [2.24, 2.45) is 0 Å². The molecule has 0 radical (unpaired) electrons. The summed E-state index contributed by atoms with van der Waals surface area (Å²) in [5.41, 5.74) is 1.03. The first-order chi connectivity index (χ1) is 10.5. The largest absolute Gasteiger partial charge is 0.497 e. The van der Waals surface area contributed by atoms with Gasteiger partial charge in [0, 0.05) is 10.7 Å². The third-order valence-electron chi connectivity index (χ3n) is 2.75. The standard InChI is InChI=1S/C15H12Cl2N2O2S/c1-21-11-5-3-10(4-6-11)18-15(22)19-14(20)12-7-2-9(16)8-13(12)17/h2-8H,1H3,(H2,18,19,20,22). The fourth-order valence-electron chi connectivity index (χ4n) is 1.68. The van der Waals surface area contributed by atoms with Crippen LogP contribution in [0.1, 0.15) is 10.4 Å². The van der Waals surface area contributed by atoms with E-state index in [9.17, 15) is 4.79 Å². The summed E-state index contributed by atoms with van der Waals surface area (Å²) in [6.07, 6.45) is 0. The lowest BCUT2D eigenvalue weighted by molar-refractivity contribution is 0.0978. The van der Waals surface area contributed by atoms with E-state index in [1.807, 2.05) is 0 Å². The molecule has 2 N–H and O–H groups in total. The van der Waals surface area contributed by atoms with Gasteiger partial charge in [0.1, 0.15) is 5.75 Å². The molecule has 114 valence electrons. The normalized spacial score (nSPS) is 9.95. The molecule has 4 nitrogen and oxygen atoms in total. The average Bonchev–Trinajstić information content (AvgIpc) is 2.47. The lowest BCUT2D eigenvalue weighted by atomic mass is 10.2. The lowest BCUT2D eigenvalue weighted by Crippen LogP contribution is -2.34. The number of methoxy groups -OCH3 is 1. The Labute approximate surface area is 143 Å². The van der Waals surface area contributed by atoms with Gasteiger partial charge < -0.3 is 10.1 Å². The number of benzene rings is 2. The molecule has 0 saturated heterocycles. The molecule has 7 heteroatoms. The predicted molar refractivity (Wildman–Crippen MR) is 93.1 cm³/mol. The van der Waals surface area contributed by atoms with Gasteiger partial charge in [-0.1, -0.05) is 23.2 Å². The van der Waals surface area contributed by atoms with E-state index in [1.165, 1.54) is 12.1 Å². The fourth-order valence-corrected chi connectivity index (χ4v) is 2.39. The first kappa shape index (κ1) is 16.5. The van der Waals surface area contributed by atoms with Crippen LogP contribution in [0, 0.1) is 0 Å². The van der Waals surface area contributed by atoms with Gasteiger partial charge in [-0.3, -0.25) is 10.1 Å². The highest BCUT2D eigenvalue weighted by molar-refractivity contribution is 7.80. The Morgan fingerprint density at radius 1 is 1.14 bits per heavy atom. The topological polar surface area (TPSA) is 50.4 Å². The Kier molecular flexibility index (Phi) is 5.60. The molecule has 0 aliphatic heterocycles. The second-order valence-corrected chi connectivity index (χ2v) is 5.51. The molecule has 2 aromatic carbocycles. The molecule has 0 bridgehead atoms. The van der Waals surface area contributed by atoms with Crippen LogP contribution in [0.3, 0.4) is 0 Å². The highest BCUT2D eigenvalue weighted by Crippen LogP contribution is 2.21. The van der Waals surface area contributed by atoms with E-state index in [0.717, 1.165) is 11.4 Å². The van der Waals surface area contributed by atoms with Gasteiger partial charge in [0.25, 0.3) is 5.91 Å². The van der Waals surface area contributed by atoms with Crippen molar-refractivity contribution in [3.8, 4) is 5.75 Å². The minimum atomic E-state index is -0.410. The van der Waals surface area contributed by atoms with Crippen LogP contribution in [0.15, 0.2) is 42.5 Å². The number of halogens is 2. The predicted octanol–water partition coefficient (Wildman–Crippen LogP) is 4.13. The second-order valence-electron chi connectivity index (χ2n) is 4.26. The minimum absolute atomic E-state index is 0.168. The Morgan fingerprint density at radius 3 is 2.41 bits per heavy atom. The zero-order valence-electron chi connectivity index (χ0n) is 11.5. The average molecular weight is 355 g/mol. The maximum Gasteiger partial charge on any atom is 0.258 e. The maximum absolute atomic E-state index is 12.1. The summed E-state index contributed by atoms with van der Waals surface area (Å²) < 4.78 is 5.06. The molecule has 0 spiro atoms. The fraction of sp³-hybridized carbons (Fsp3) is 0.0667. The van der Waals surface area contributed by atoms with Crippen LogP contribution in [0.5, 0.6) is 5.75 Å². The highest BCUT2D eigenvalue weighted by Gasteiger charge is 2.12. The zero-order valence-corrected chi connectivity index (χ0v) is 13.9. The van der Waals surface area contributed by atoms with Crippen molar-refractivity contribution >= 4 is 52.1 Å². The van der Waals surface area contributed by atoms with Crippen LogP contribution in [0.25, 0.3) is 0 Å². The molecule has 22 heavy (non-hydrogen) atoms.